The van der Waals surface area contributed by atoms with Gasteiger partial charge in [0.15, 0.2) is 5.16 Å². The number of nitro groups is 1. The summed E-state index contributed by atoms with van der Waals surface area (Å²) in [5, 5.41) is 21.5. The van der Waals surface area contributed by atoms with E-state index in [1.165, 1.54) is 0 Å². The molecule has 0 aliphatic rings. The van der Waals surface area contributed by atoms with Crippen molar-refractivity contribution in [3.63, 3.8) is 0 Å². The molecular weight excluding hydrogens is 200 g/mol. The summed E-state index contributed by atoms with van der Waals surface area (Å²) in [6, 6.07) is 6.95. The lowest BCUT2D eigenvalue weighted by molar-refractivity contribution is -0.351. The first-order valence-corrected chi connectivity index (χ1v) is 4.04. The van der Waals surface area contributed by atoms with Crippen LogP contribution in [-0.2, 0) is 0 Å². The van der Waals surface area contributed by atoms with Crippen molar-refractivity contribution in [2.24, 2.45) is 5.16 Å². The third-order valence-corrected chi connectivity index (χ3v) is 1.87. The maximum absolute atomic E-state index is 10.5. The van der Waals surface area contributed by atoms with Crippen molar-refractivity contribution in [2.75, 3.05) is 0 Å². The van der Waals surface area contributed by atoms with Gasteiger partial charge in [-0.15, -0.1) is 0 Å². The van der Waals surface area contributed by atoms with E-state index in [-0.39, 0.29) is 5.82 Å². The number of imidazole rings is 1. The van der Waals surface area contributed by atoms with Gasteiger partial charge in [-0.25, -0.2) is 4.98 Å². The number of H-pyrrole nitrogens is 1. The number of hydrogen-bond acceptors (Lipinski definition) is 5. The molecule has 2 rings (SSSR count). The van der Waals surface area contributed by atoms with E-state index >= 15 is 0 Å². The molecule has 1 aromatic carbocycles. The van der Waals surface area contributed by atoms with E-state index in [4.69, 9.17) is 5.21 Å². The standard InChI is InChI=1S/C8H6N4O3/c13-11-8(12(14)15)7-9-5-3-1-2-4-6(5)10-7/h1-4,13H,(H,9,10). The Balaban J connectivity index is 2.58. The zero-order valence-corrected chi connectivity index (χ0v) is 7.41. The molecule has 76 valence electrons. The van der Waals surface area contributed by atoms with Gasteiger partial charge < -0.3 is 20.3 Å². The maximum Gasteiger partial charge on any atom is 0.452 e. The molecule has 2 N–H and O–H groups in total. The van der Waals surface area contributed by atoms with E-state index in [1.807, 2.05) is 0 Å². The van der Waals surface area contributed by atoms with E-state index in [0.29, 0.717) is 11.0 Å². The number of hydrogen-bond donors (Lipinski definition) is 2. The summed E-state index contributed by atoms with van der Waals surface area (Å²) in [5.74, 6) is -0.769. The molecule has 7 heteroatoms. The van der Waals surface area contributed by atoms with Crippen molar-refractivity contribution < 1.29 is 10.1 Å². The molecule has 0 saturated heterocycles. The van der Waals surface area contributed by atoms with Crippen LogP contribution in [0.2, 0.25) is 0 Å². The molecule has 1 heterocycles. The van der Waals surface area contributed by atoms with E-state index in [1.54, 1.807) is 24.3 Å². The molecule has 0 unspecified atom stereocenters. The summed E-state index contributed by atoms with van der Waals surface area (Å²) < 4.78 is 0. The third kappa shape index (κ3) is 1.50. The van der Waals surface area contributed by atoms with Gasteiger partial charge in [0.25, 0.3) is 0 Å². The van der Waals surface area contributed by atoms with Crippen LogP contribution in [-0.4, -0.2) is 25.9 Å². The van der Waals surface area contributed by atoms with E-state index < -0.39 is 10.8 Å². The number of fused-ring (bicyclic) bond motifs is 1. The van der Waals surface area contributed by atoms with Gasteiger partial charge in [0, 0.05) is 0 Å². The van der Waals surface area contributed by atoms with Gasteiger partial charge >= 0.3 is 5.84 Å². The normalized spacial score (nSPS) is 11.9. The van der Waals surface area contributed by atoms with Gasteiger partial charge in [-0.1, -0.05) is 12.1 Å². The minimum Gasteiger partial charge on any atom is -0.358 e. The van der Waals surface area contributed by atoms with Crippen molar-refractivity contribution in [3.8, 4) is 0 Å². The summed E-state index contributed by atoms with van der Waals surface area (Å²) in [4.78, 5) is 16.3. The molecule has 0 radical (unpaired) electrons. The van der Waals surface area contributed by atoms with E-state index in [0.717, 1.165) is 0 Å². The number of rotatable bonds is 1. The molecular formula is C8H6N4O3. The Kier molecular flexibility index (Phi) is 2.05. The largest absolute Gasteiger partial charge is 0.452 e. The van der Waals surface area contributed by atoms with Crippen LogP contribution in [0, 0.1) is 10.1 Å². The number of amidine groups is 1. The average molecular weight is 206 g/mol. The zero-order chi connectivity index (χ0) is 10.8. The van der Waals surface area contributed by atoms with Gasteiger partial charge in [-0.05, 0) is 17.1 Å². The molecule has 0 amide bonds. The predicted molar refractivity (Wildman–Crippen MR) is 51.4 cm³/mol. The number of para-hydroxylation sites is 2. The highest BCUT2D eigenvalue weighted by molar-refractivity contribution is 5.92. The lowest BCUT2D eigenvalue weighted by Crippen LogP contribution is -2.14. The SMILES string of the molecule is O=[N+]([O-])C(=NO)c1nc2ccccc2[nH]1. The molecule has 0 saturated carbocycles. The minimum absolute atomic E-state index is 0.0660. The van der Waals surface area contributed by atoms with Crippen LogP contribution in [0.15, 0.2) is 29.4 Å². The van der Waals surface area contributed by atoms with Crippen molar-refractivity contribution >= 4 is 16.9 Å². The summed E-state index contributed by atoms with van der Waals surface area (Å²) in [6.45, 7) is 0. The van der Waals surface area contributed by atoms with Gasteiger partial charge in [-0.2, -0.15) is 0 Å². The molecule has 0 spiro atoms. The molecule has 0 aliphatic heterocycles. The molecule has 7 nitrogen and oxygen atoms in total. The Morgan fingerprint density at radius 2 is 2.27 bits per heavy atom. The Bertz CT molecular complexity index is 513. The minimum atomic E-state index is -0.808. The van der Waals surface area contributed by atoms with Crippen molar-refractivity contribution in [1.82, 2.24) is 9.97 Å². The molecule has 2 aromatic rings. The van der Waals surface area contributed by atoms with Gasteiger partial charge in [-0.3, -0.25) is 0 Å². The number of nitrogens with zero attached hydrogens (tertiary/aromatic N) is 3. The van der Waals surface area contributed by atoms with Crippen LogP contribution < -0.4 is 0 Å². The highest BCUT2D eigenvalue weighted by atomic mass is 16.6. The number of oxime groups is 1. The highest BCUT2D eigenvalue weighted by Gasteiger charge is 2.21. The average Bonchev–Trinajstić information content (AvgIpc) is 2.61. The monoisotopic (exact) mass is 206 g/mol. The van der Waals surface area contributed by atoms with Crippen LogP contribution in [0.3, 0.4) is 0 Å². The number of aromatic nitrogens is 2. The highest BCUT2D eigenvalue weighted by Crippen LogP contribution is 2.10. The molecule has 15 heavy (non-hydrogen) atoms. The Morgan fingerprint density at radius 3 is 2.87 bits per heavy atom. The molecule has 0 atom stereocenters. The maximum atomic E-state index is 10.5. The van der Waals surface area contributed by atoms with Crippen molar-refractivity contribution in [2.45, 2.75) is 0 Å². The summed E-state index contributed by atoms with van der Waals surface area (Å²) in [6.07, 6.45) is 0. The first-order chi connectivity index (χ1) is 7.22. The van der Waals surface area contributed by atoms with Crippen molar-refractivity contribution in [1.29, 1.82) is 0 Å². The molecule has 0 fully saturated rings. The van der Waals surface area contributed by atoms with E-state index in [9.17, 15) is 10.1 Å². The van der Waals surface area contributed by atoms with Gasteiger partial charge in [0.2, 0.25) is 5.82 Å². The number of aromatic amines is 1. The fourth-order valence-corrected chi connectivity index (χ4v) is 1.23. The molecule has 0 bridgehead atoms. The van der Waals surface area contributed by atoms with Crippen LogP contribution in [0.1, 0.15) is 5.82 Å². The van der Waals surface area contributed by atoms with E-state index in [2.05, 4.69) is 15.1 Å². The third-order valence-electron chi connectivity index (χ3n) is 1.87. The first-order valence-electron chi connectivity index (χ1n) is 4.04. The van der Waals surface area contributed by atoms with Crippen LogP contribution in [0.4, 0.5) is 0 Å². The predicted octanol–water partition coefficient (Wildman–Crippen LogP) is 0.975. The second-order valence-corrected chi connectivity index (χ2v) is 2.78. The first kappa shape index (κ1) is 9.13. The number of nitrogens with one attached hydrogen (secondary N) is 1. The summed E-state index contributed by atoms with van der Waals surface area (Å²) in [5.41, 5.74) is 1.23. The van der Waals surface area contributed by atoms with Crippen molar-refractivity contribution in [3.05, 3.63) is 40.2 Å². The lowest BCUT2D eigenvalue weighted by Gasteiger charge is -1.89. The van der Waals surface area contributed by atoms with Gasteiger partial charge in [0.05, 0.1) is 11.0 Å². The Morgan fingerprint density at radius 1 is 1.53 bits per heavy atom. The van der Waals surface area contributed by atoms with Gasteiger partial charge in [0.1, 0.15) is 0 Å². The Hall–Kier alpha value is -2.44. The molecule has 1 aromatic heterocycles. The van der Waals surface area contributed by atoms with Crippen LogP contribution in [0.5, 0.6) is 0 Å². The summed E-state index contributed by atoms with van der Waals surface area (Å²) >= 11 is 0. The fourth-order valence-electron chi connectivity index (χ4n) is 1.23. The quantitative estimate of drug-likeness (QED) is 0.238. The van der Waals surface area contributed by atoms with Crippen LogP contribution in [0.25, 0.3) is 11.0 Å². The topological polar surface area (TPSA) is 104 Å². The van der Waals surface area contributed by atoms with Crippen LogP contribution >= 0.6 is 0 Å². The zero-order valence-electron chi connectivity index (χ0n) is 7.41. The fraction of sp³-hybridized carbons (Fsp3) is 0. The Labute approximate surface area is 83.2 Å². The second-order valence-electron chi connectivity index (χ2n) is 2.78. The summed E-state index contributed by atoms with van der Waals surface area (Å²) in [7, 11) is 0. The molecule has 0 aliphatic carbocycles. The second kappa shape index (κ2) is 3.37. The number of benzene rings is 1. The smallest absolute Gasteiger partial charge is 0.358 e. The lowest BCUT2D eigenvalue weighted by atomic mass is 10.3.